The van der Waals surface area contributed by atoms with Gasteiger partial charge < -0.3 is 9.47 Å². The first kappa shape index (κ1) is 29.8. The van der Waals surface area contributed by atoms with Crippen molar-refractivity contribution in [3.8, 4) is 46.2 Å². The number of carbonyl (C=O) groups is 1. The predicted molar refractivity (Wildman–Crippen MR) is 139 cm³/mol. The first-order valence-corrected chi connectivity index (χ1v) is 12.2. The van der Waals surface area contributed by atoms with Gasteiger partial charge >= 0.3 is 18.3 Å². The summed E-state index contributed by atoms with van der Waals surface area (Å²) in [4.78, 5) is 12.3. The Kier molecular flexibility index (Phi) is 8.29. The van der Waals surface area contributed by atoms with E-state index in [4.69, 9.17) is 39.1 Å². The van der Waals surface area contributed by atoms with Crippen LogP contribution in [0, 0.1) is 12.3 Å². The summed E-state index contributed by atoms with van der Waals surface area (Å²) in [5, 5.41) is 3.32. The van der Waals surface area contributed by atoms with E-state index in [2.05, 4.69) is 5.10 Å². The van der Waals surface area contributed by atoms with Crippen LogP contribution in [0.25, 0.3) is 22.4 Å². The highest BCUT2D eigenvalue weighted by Gasteiger charge is 2.36. The van der Waals surface area contributed by atoms with Gasteiger partial charge in [-0.25, -0.2) is 4.79 Å². The number of carbonyl (C=O) groups excluding carboxylic acids is 1. The summed E-state index contributed by atoms with van der Waals surface area (Å²) in [7, 11) is 1.21. The SMILES string of the molecule is C#CC(=O)Oc1c(-c2cc(C(F)(F)F)nn2C)ccc(OCc2ccc(Cl)cc2)c1-c1ccc(Cl)c(C(F)(F)F)c1. The number of aryl methyl sites for hydroxylation is 1. The topological polar surface area (TPSA) is 53.3 Å². The van der Waals surface area contributed by atoms with Gasteiger partial charge in [0.2, 0.25) is 0 Å². The van der Waals surface area contributed by atoms with Crippen molar-refractivity contribution >= 4 is 29.2 Å². The van der Waals surface area contributed by atoms with Gasteiger partial charge in [-0.15, -0.1) is 6.42 Å². The number of alkyl halides is 6. The summed E-state index contributed by atoms with van der Waals surface area (Å²) in [5.74, 6) is -0.0568. The molecule has 0 amide bonds. The molecule has 0 aliphatic carbocycles. The van der Waals surface area contributed by atoms with Crippen molar-refractivity contribution in [2.45, 2.75) is 19.0 Å². The van der Waals surface area contributed by atoms with Crippen LogP contribution in [-0.4, -0.2) is 15.7 Å². The van der Waals surface area contributed by atoms with Crippen molar-refractivity contribution in [1.29, 1.82) is 0 Å². The number of benzene rings is 3. The molecule has 5 nitrogen and oxygen atoms in total. The van der Waals surface area contributed by atoms with Crippen LogP contribution >= 0.6 is 23.2 Å². The molecule has 1 aromatic heterocycles. The minimum atomic E-state index is -4.87. The maximum Gasteiger partial charge on any atom is 0.435 e. The van der Waals surface area contributed by atoms with Gasteiger partial charge in [0.1, 0.15) is 12.4 Å². The largest absolute Gasteiger partial charge is 0.488 e. The lowest BCUT2D eigenvalue weighted by Gasteiger charge is -2.20. The molecule has 0 aliphatic rings. The zero-order chi connectivity index (χ0) is 30.1. The standard InChI is InChI=1S/C28H16Cl2F6N2O3/c1-3-24(39)41-26-18(21-13-23(28(34,35)36)37-38(21)2)9-11-22(40-14-15-4-7-17(29)8-5-15)25(26)16-6-10-20(30)19(12-16)27(31,32)33/h1,4-13H,14H2,2H3. The summed E-state index contributed by atoms with van der Waals surface area (Å²) in [6.07, 6.45) is -4.50. The van der Waals surface area contributed by atoms with Gasteiger partial charge in [-0.2, -0.15) is 31.4 Å². The highest BCUT2D eigenvalue weighted by Crippen LogP contribution is 2.48. The van der Waals surface area contributed by atoms with Crippen molar-refractivity contribution < 1.29 is 40.6 Å². The van der Waals surface area contributed by atoms with Crippen molar-refractivity contribution in [3.63, 3.8) is 0 Å². The number of halogens is 8. The molecule has 13 heteroatoms. The molecule has 0 aliphatic heterocycles. The molecule has 0 saturated heterocycles. The van der Waals surface area contributed by atoms with E-state index in [1.54, 1.807) is 30.2 Å². The van der Waals surface area contributed by atoms with Crippen molar-refractivity contribution in [2.75, 3.05) is 0 Å². The Bertz CT molecular complexity index is 1660. The first-order chi connectivity index (χ1) is 19.2. The van der Waals surface area contributed by atoms with Crippen molar-refractivity contribution in [2.24, 2.45) is 7.05 Å². The van der Waals surface area contributed by atoms with Crippen LogP contribution in [0.4, 0.5) is 26.3 Å². The molecule has 0 bridgehead atoms. The molecule has 4 rings (SSSR count). The zero-order valence-corrected chi connectivity index (χ0v) is 22.2. The minimum absolute atomic E-state index is 0.0721. The molecule has 0 atom stereocenters. The second-order valence-electron chi connectivity index (χ2n) is 8.49. The third-order valence-electron chi connectivity index (χ3n) is 5.75. The Morgan fingerprint density at radius 1 is 0.976 bits per heavy atom. The van der Waals surface area contributed by atoms with Crippen LogP contribution in [0.1, 0.15) is 16.8 Å². The quantitative estimate of drug-likeness (QED) is 0.0724. The van der Waals surface area contributed by atoms with Crippen LogP contribution in [0.5, 0.6) is 11.5 Å². The summed E-state index contributed by atoms with van der Waals surface area (Å²) in [5.41, 5.74) is -2.51. The molecule has 212 valence electrons. The van der Waals surface area contributed by atoms with Crippen LogP contribution in [0.3, 0.4) is 0 Å². The average molecular weight is 613 g/mol. The molecule has 1 heterocycles. The molecule has 4 aromatic rings. The second kappa shape index (κ2) is 11.4. The van der Waals surface area contributed by atoms with Gasteiger partial charge in [-0.05, 0) is 53.6 Å². The fraction of sp³-hybridized carbons (Fsp3) is 0.143. The molecule has 41 heavy (non-hydrogen) atoms. The lowest BCUT2D eigenvalue weighted by atomic mass is 9.96. The van der Waals surface area contributed by atoms with E-state index in [0.29, 0.717) is 22.7 Å². The number of esters is 1. The average Bonchev–Trinajstić information content (AvgIpc) is 3.30. The van der Waals surface area contributed by atoms with Crippen LogP contribution in [0.15, 0.2) is 60.7 Å². The van der Waals surface area contributed by atoms with Gasteiger partial charge in [0.05, 0.1) is 21.8 Å². The lowest BCUT2D eigenvalue weighted by Crippen LogP contribution is -2.10. The van der Waals surface area contributed by atoms with E-state index in [1.807, 2.05) is 0 Å². The van der Waals surface area contributed by atoms with Crippen LogP contribution in [0.2, 0.25) is 10.0 Å². The van der Waals surface area contributed by atoms with E-state index in [9.17, 15) is 31.1 Å². The van der Waals surface area contributed by atoms with Crippen LogP contribution in [-0.2, 0) is 30.8 Å². The van der Waals surface area contributed by atoms with Gasteiger partial charge in [-0.1, -0.05) is 41.4 Å². The number of terminal acetylenes is 1. The van der Waals surface area contributed by atoms with Gasteiger partial charge in [-0.3, -0.25) is 4.68 Å². The molecule has 0 unspecified atom stereocenters. The third-order valence-corrected chi connectivity index (χ3v) is 6.33. The molecule has 0 spiro atoms. The van der Waals surface area contributed by atoms with E-state index in [1.165, 1.54) is 25.2 Å². The number of ether oxygens (including phenoxy) is 2. The summed E-state index contributed by atoms with van der Waals surface area (Å²) in [6, 6.07) is 12.7. The van der Waals surface area contributed by atoms with Gasteiger partial charge in [0.25, 0.3) is 0 Å². The van der Waals surface area contributed by atoms with Gasteiger partial charge in [0, 0.05) is 23.6 Å². The van der Waals surface area contributed by atoms with E-state index >= 15 is 0 Å². The van der Waals surface area contributed by atoms with Crippen LogP contribution < -0.4 is 9.47 Å². The first-order valence-electron chi connectivity index (χ1n) is 11.4. The van der Waals surface area contributed by atoms with Crippen molar-refractivity contribution in [1.82, 2.24) is 9.78 Å². The number of hydrogen-bond acceptors (Lipinski definition) is 4. The molecule has 0 radical (unpaired) electrons. The Labute approximate surface area is 239 Å². The summed E-state index contributed by atoms with van der Waals surface area (Å²) in [6.45, 7) is -0.101. The number of rotatable bonds is 6. The van der Waals surface area contributed by atoms with E-state index in [-0.39, 0.29) is 34.7 Å². The maximum atomic E-state index is 13.8. The molecule has 0 fully saturated rings. The highest BCUT2D eigenvalue weighted by atomic mass is 35.5. The van der Waals surface area contributed by atoms with E-state index < -0.39 is 40.4 Å². The minimum Gasteiger partial charge on any atom is -0.488 e. The molecule has 0 N–H and O–H groups in total. The molecule has 0 saturated carbocycles. The smallest absolute Gasteiger partial charge is 0.435 e. The van der Waals surface area contributed by atoms with Gasteiger partial charge in [0.15, 0.2) is 11.4 Å². The maximum absolute atomic E-state index is 13.8. The summed E-state index contributed by atoms with van der Waals surface area (Å²) >= 11 is 11.7. The van der Waals surface area contributed by atoms with E-state index in [0.717, 1.165) is 10.7 Å². The fourth-order valence-corrected chi connectivity index (χ4v) is 4.24. The Morgan fingerprint density at radius 3 is 2.24 bits per heavy atom. The predicted octanol–water partition coefficient (Wildman–Crippen LogP) is 8.22. The number of aromatic nitrogens is 2. The molecule has 3 aromatic carbocycles. The zero-order valence-electron chi connectivity index (χ0n) is 20.7. The van der Waals surface area contributed by atoms with Crippen molar-refractivity contribution in [3.05, 3.63) is 87.5 Å². The Balaban J connectivity index is 2.00. The fourth-order valence-electron chi connectivity index (χ4n) is 3.89. The molecular formula is C28H16Cl2F6N2O3. The number of nitrogens with zero attached hydrogens (tertiary/aromatic N) is 2. The number of hydrogen-bond donors (Lipinski definition) is 0. The second-order valence-corrected chi connectivity index (χ2v) is 9.34. The molecular weight excluding hydrogens is 597 g/mol. The monoisotopic (exact) mass is 612 g/mol. The third kappa shape index (κ3) is 6.61. The Morgan fingerprint density at radius 2 is 1.66 bits per heavy atom. The lowest BCUT2D eigenvalue weighted by molar-refractivity contribution is -0.141. The normalized spacial score (nSPS) is 11.7. The summed E-state index contributed by atoms with van der Waals surface area (Å²) < 4.78 is 93.7. The highest BCUT2D eigenvalue weighted by molar-refractivity contribution is 6.31. The Hall–Kier alpha value is -4.14.